The standard InChI is InChI=1S/C12H14N2O3/c13-14-6-5-8-3-1-2-4-9(8)10(12(14)17)7-11(15)16/h1-4,10H,5-7,13H2,(H,15,16). The summed E-state index contributed by atoms with van der Waals surface area (Å²) in [5.74, 6) is 3.63. The lowest BCUT2D eigenvalue weighted by molar-refractivity contribution is -0.142. The van der Waals surface area contributed by atoms with Gasteiger partial charge in [0, 0.05) is 6.54 Å². The first-order valence-electron chi connectivity index (χ1n) is 5.45. The highest BCUT2D eigenvalue weighted by Gasteiger charge is 2.30. The van der Waals surface area contributed by atoms with Crippen molar-refractivity contribution < 1.29 is 14.7 Å². The van der Waals surface area contributed by atoms with Crippen LogP contribution in [0.3, 0.4) is 0 Å². The first-order chi connectivity index (χ1) is 8.09. The van der Waals surface area contributed by atoms with E-state index < -0.39 is 11.9 Å². The molecule has 0 aromatic heterocycles. The van der Waals surface area contributed by atoms with Crippen LogP contribution in [-0.4, -0.2) is 28.5 Å². The average molecular weight is 234 g/mol. The Morgan fingerprint density at radius 2 is 2.18 bits per heavy atom. The molecule has 0 spiro atoms. The monoisotopic (exact) mass is 234 g/mol. The molecule has 1 atom stereocenters. The van der Waals surface area contributed by atoms with E-state index in [1.54, 1.807) is 6.07 Å². The van der Waals surface area contributed by atoms with Crippen molar-refractivity contribution in [2.45, 2.75) is 18.8 Å². The van der Waals surface area contributed by atoms with Gasteiger partial charge in [0.05, 0.1) is 12.3 Å². The van der Waals surface area contributed by atoms with Crippen molar-refractivity contribution in [3.8, 4) is 0 Å². The molecule has 5 heteroatoms. The van der Waals surface area contributed by atoms with Gasteiger partial charge in [-0.3, -0.25) is 14.6 Å². The minimum Gasteiger partial charge on any atom is -0.481 e. The van der Waals surface area contributed by atoms with Crippen molar-refractivity contribution in [3.05, 3.63) is 35.4 Å². The van der Waals surface area contributed by atoms with E-state index >= 15 is 0 Å². The molecule has 1 amide bonds. The van der Waals surface area contributed by atoms with E-state index in [2.05, 4.69) is 0 Å². The zero-order chi connectivity index (χ0) is 12.4. The number of hydrogen-bond acceptors (Lipinski definition) is 3. The van der Waals surface area contributed by atoms with Crippen molar-refractivity contribution in [3.63, 3.8) is 0 Å². The third kappa shape index (κ3) is 2.29. The van der Waals surface area contributed by atoms with Gasteiger partial charge in [-0.1, -0.05) is 24.3 Å². The number of hydrogen-bond donors (Lipinski definition) is 2. The molecule has 1 aliphatic heterocycles. The fourth-order valence-corrected chi connectivity index (χ4v) is 2.16. The number of rotatable bonds is 2. The number of carbonyl (C=O) groups is 2. The SMILES string of the molecule is NN1CCc2ccccc2C(CC(=O)O)C1=O. The lowest BCUT2D eigenvalue weighted by Crippen LogP contribution is -2.40. The minimum atomic E-state index is -0.992. The molecule has 0 bridgehead atoms. The van der Waals surface area contributed by atoms with Crippen LogP contribution in [0.1, 0.15) is 23.5 Å². The molecule has 0 saturated heterocycles. The van der Waals surface area contributed by atoms with E-state index in [1.165, 1.54) is 0 Å². The molecular weight excluding hydrogens is 220 g/mol. The first-order valence-corrected chi connectivity index (χ1v) is 5.45. The zero-order valence-electron chi connectivity index (χ0n) is 9.30. The molecule has 1 heterocycles. The summed E-state index contributed by atoms with van der Waals surface area (Å²) < 4.78 is 0. The molecule has 3 N–H and O–H groups in total. The van der Waals surface area contributed by atoms with Crippen LogP contribution in [0.2, 0.25) is 0 Å². The Morgan fingerprint density at radius 3 is 2.88 bits per heavy atom. The van der Waals surface area contributed by atoms with E-state index in [4.69, 9.17) is 10.9 Å². The number of nitrogens with zero attached hydrogens (tertiary/aromatic N) is 1. The number of carbonyl (C=O) groups excluding carboxylic acids is 1. The second-order valence-corrected chi connectivity index (χ2v) is 4.13. The maximum Gasteiger partial charge on any atom is 0.304 e. The number of fused-ring (bicyclic) bond motifs is 1. The molecule has 17 heavy (non-hydrogen) atoms. The summed E-state index contributed by atoms with van der Waals surface area (Å²) in [6.07, 6.45) is 0.443. The smallest absolute Gasteiger partial charge is 0.304 e. The van der Waals surface area contributed by atoms with Crippen LogP contribution in [0.5, 0.6) is 0 Å². The van der Waals surface area contributed by atoms with Crippen LogP contribution in [-0.2, 0) is 16.0 Å². The fraction of sp³-hybridized carbons (Fsp3) is 0.333. The number of benzene rings is 1. The van der Waals surface area contributed by atoms with Crippen LogP contribution in [0.4, 0.5) is 0 Å². The van der Waals surface area contributed by atoms with Gasteiger partial charge in [0.15, 0.2) is 0 Å². The van der Waals surface area contributed by atoms with Gasteiger partial charge in [-0.05, 0) is 17.5 Å². The quantitative estimate of drug-likeness (QED) is 0.576. The van der Waals surface area contributed by atoms with Gasteiger partial charge in [-0.15, -0.1) is 0 Å². The van der Waals surface area contributed by atoms with Gasteiger partial charge in [0.25, 0.3) is 0 Å². The third-order valence-electron chi connectivity index (χ3n) is 3.01. The number of hydrazine groups is 1. The molecule has 0 radical (unpaired) electrons. The topological polar surface area (TPSA) is 83.6 Å². The molecule has 0 fully saturated rings. The highest BCUT2D eigenvalue weighted by Crippen LogP contribution is 2.28. The molecule has 1 aromatic carbocycles. The van der Waals surface area contributed by atoms with Crippen molar-refractivity contribution in [2.24, 2.45) is 5.84 Å². The summed E-state index contributed by atoms with van der Waals surface area (Å²) in [6, 6.07) is 7.41. The molecular formula is C12H14N2O3. The second-order valence-electron chi connectivity index (χ2n) is 4.13. The zero-order valence-corrected chi connectivity index (χ0v) is 9.30. The fourth-order valence-electron chi connectivity index (χ4n) is 2.16. The van der Waals surface area contributed by atoms with Crippen LogP contribution >= 0.6 is 0 Å². The van der Waals surface area contributed by atoms with Crippen LogP contribution in [0, 0.1) is 0 Å². The first kappa shape index (κ1) is 11.6. The maximum absolute atomic E-state index is 12.0. The van der Waals surface area contributed by atoms with Crippen molar-refractivity contribution in [2.75, 3.05) is 6.54 Å². The van der Waals surface area contributed by atoms with Crippen molar-refractivity contribution in [1.82, 2.24) is 5.01 Å². The predicted molar refractivity (Wildman–Crippen MR) is 61.0 cm³/mol. The summed E-state index contributed by atoms with van der Waals surface area (Å²) >= 11 is 0. The molecule has 1 unspecified atom stereocenters. The largest absolute Gasteiger partial charge is 0.481 e. The summed E-state index contributed by atoms with van der Waals surface area (Å²) in [5.41, 5.74) is 1.79. The predicted octanol–water partition coefficient (Wildman–Crippen LogP) is 0.503. The van der Waals surface area contributed by atoms with E-state index in [-0.39, 0.29) is 12.3 Å². The number of amides is 1. The van der Waals surface area contributed by atoms with Crippen LogP contribution in [0.15, 0.2) is 24.3 Å². The summed E-state index contributed by atoms with van der Waals surface area (Å²) in [6.45, 7) is 0.423. The number of carboxylic acid groups (broad SMARTS) is 1. The highest BCUT2D eigenvalue weighted by molar-refractivity contribution is 5.88. The van der Waals surface area contributed by atoms with Gasteiger partial charge >= 0.3 is 5.97 Å². The van der Waals surface area contributed by atoms with Gasteiger partial charge in [0.1, 0.15) is 0 Å². The third-order valence-corrected chi connectivity index (χ3v) is 3.01. The Morgan fingerprint density at radius 1 is 1.47 bits per heavy atom. The molecule has 0 aliphatic carbocycles. The average Bonchev–Trinajstić information content (AvgIpc) is 2.42. The van der Waals surface area contributed by atoms with Gasteiger partial charge in [-0.2, -0.15) is 0 Å². The molecule has 2 rings (SSSR count). The van der Waals surface area contributed by atoms with E-state index in [0.29, 0.717) is 13.0 Å². The van der Waals surface area contributed by atoms with Crippen molar-refractivity contribution in [1.29, 1.82) is 0 Å². The Labute approximate surface area is 98.8 Å². The van der Waals surface area contributed by atoms with E-state index in [0.717, 1.165) is 16.1 Å². The Hall–Kier alpha value is -1.88. The minimum absolute atomic E-state index is 0.219. The maximum atomic E-state index is 12.0. The molecule has 0 saturated carbocycles. The summed E-state index contributed by atoms with van der Waals surface area (Å²) in [4.78, 5) is 22.8. The second kappa shape index (κ2) is 4.55. The number of nitrogens with two attached hydrogens (primary N) is 1. The number of carboxylic acids is 1. The van der Waals surface area contributed by atoms with E-state index in [9.17, 15) is 9.59 Å². The molecule has 5 nitrogen and oxygen atoms in total. The van der Waals surface area contributed by atoms with Crippen molar-refractivity contribution >= 4 is 11.9 Å². The molecule has 90 valence electrons. The Bertz CT molecular complexity index is 459. The summed E-state index contributed by atoms with van der Waals surface area (Å²) in [5, 5.41) is 9.99. The summed E-state index contributed by atoms with van der Waals surface area (Å²) in [7, 11) is 0. The van der Waals surface area contributed by atoms with Crippen LogP contribution < -0.4 is 5.84 Å². The normalized spacial score (nSPS) is 19.7. The van der Waals surface area contributed by atoms with Gasteiger partial charge in [0.2, 0.25) is 5.91 Å². The lowest BCUT2D eigenvalue weighted by Gasteiger charge is -2.18. The van der Waals surface area contributed by atoms with Crippen LogP contribution in [0.25, 0.3) is 0 Å². The van der Waals surface area contributed by atoms with E-state index in [1.807, 2.05) is 18.2 Å². The molecule has 1 aliphatic rings. The number of aliphatic carboxylic acids is 1. The van der Waals surface area contributed by atoms with Gasteiger partial charge < -0.3 is 5.11 Å². The lowest BCUT2D eigenvalue weighted by atomic mass is 9.91. The Kier molecular flexibility index (Phi) is 3.10. The highest BCUT2D eigenvalue weighted by atomic mass is 16.4. The molecule has 1 aromatic rings. The van der Waals surface area contributed by atoms with Gasteiger partial charge in [-0.25, -0.2) is 5.84 Å². The Balaban J connectivity index is 2.43.